The Morgan fingerprint density at radius 1 is 1.08 bits per heavy atom. The van der Waals surface area contributed by atoms with Gasteiger partial charge in [-0.1, -0.05) is 25.0 Å². The molecule has 0 N–H and O–H groups in total. The first kappa shape index (κ1) is 18.1. The number of carbonyl (C=O) groups excluding carboxylic acids is 1. The van der Waals surface area contributed by atoms with Crippen molar-refractivity contribution in [3.8, 4) is 0 Å². The standard InChI is InChI=1S/C19H22FN3O3/c1-21-16(12-17(24)22(2)19(21)26)18(25)23-10-5-3-4-9-15(23)13-7-6-8-14(20)11-13/h6-8,11-12,15H,3-5,9-10H2,1-2H3/t15-/m0/s1. The monoisotopic (exact) mass is 359 g/mol. The highest BCUT2D eigenvalue weighted by molar-refractivity contribution is 5.92. The number of carbonyl (C=O) groups is 1. The number of rotatable bonds is 2. The van der Waals surface area contributed by atoms with Gasteiger partial charge in [-0.05, 0) is 30.5 Å². The molecule has 2 aromatic rings. The summed E-state index contributed by atoms with van der Waals surface area (Å²) in [5.74, 6) is -0.724. The van der Waals surface area contributed by atoms with E-state index in [1.165, 1.54) is 36.9 Å². The number of benzene rings is 1. The first-order valence-electron chi connectivity index (χ1n) is 8.73. The molecule has 3 rings (SSSR count). The van der Waals surface area contributed by atoms with E-state index in [1.54, 1.807) is 11.0 Å². The third-order valence-electron chi connectivity index (χ3n) is 4.99. The number of nitrogens with zero attached hydrogens (tertiary/aromatic N) is 3. The molecule has 0 bridgehead atoms. The number of amides is 1. The van der Waals surface area contributed by atoms with Crippen LogP contribution in [-0.4, -0.2) is 26.5 Å². The summed E-state index contributed by atoms with van der Waals surface area (Å²) < 4.78 is 15.8. The van der Waals surface area contributed by atoms with Gasteiger partial charge in [0.25, 0.3) is 11.5 Å². The van der Waals surface area contributed by atoms with Crippen LogP contribution in [0.3, 0.4) is 0 Å². The van der Waals surface area contributed by atoms with Crippen LogP contribution < -0.4 is 11.2 Å². The topological polar surface area (TPSA) is 64.3 Å². The average molecular weight is 359 g/mol. The summed E-state index contributed by atoms with van der Waals surface area (Å²) >= 11 is 0. The van der Waals surface area contributed by atoms with Gasteiger partial charge in [0, 0.05) is 26.7 Å². The van der Waals surface area contributed by atoms with E-state index in [0.29, 0.717) is 13.0 Å². The Morgan fingerprint density at radius 2 is 1.85 bits per heavy atom. The molecule has 6 nitrogen and oxygen atoms in total. The van der Waals surface area contributed by atoms with E-state index in [2.05, 4.69) is 0 Å². The molecule has 0 aliphatic carbocycles. The second-order valence-electron chi connectivity index (χ2n) is 6.69. The largest absolute Gasteiger partial charge is 0.331 e. The predicted octanol–water partition coefficient (Wildman–Crippen LogP) is 1.98. The normalized spacial score (nSPS) is 17.8. The molecule has 1 aromatic carbocycles. The average Bonchev–Trinajstić information content (AvgIpc) is 2.88. The molecule has 1 fully saturated rings. The smallest absolute Gasteiger partial charge is 0.330 e. The van der Waals surface area contributed by atoms with Crippen molar-refractivity contribution in [1.82, 2.24) is 14.0 Å². The Kier molecular flexibility index (Phi) is 5.06. The van der Waals surface area contributed by atoms with Gasteiger partial charge < -0.3 is 4.90 Å². The summed E-state index contributed by atoms with van der Waals surface area (Å²) in [7, 11) is 2.85. The number of halogens is 1. The van der Waals surface area contributed by atoms with Crippen molar-refractivity contribution in [2.45, 2.75) is 31.7 Å². The number of likely N-dealkylation sites (tertiary alicyclic amines) is 1. The summed E-state index contributed by atoms with van der Waals surface area (Å²) in [5, 5.41) is 0. The molecule has 0 unspecified atom stereocenters. The van der Waals surface area contributed by atoms with Gasteiger partial charge in [-0.3, -0.25) is 18.7 Å². The minimum atomic E-state index is -0.544. The first-order valence-corrected chi connectivity index (χ1v) is 8.73. The lowest BCUT2D eigenvalue weighted by Gasteiger charge is -2.31. The van der Waals surface area contributed by atoms with Crippen molar-refractivity contribution < 1.29 is 9.18 Å². The fourth-order valence-electron chi connectivity index (χ4n) is 3.50. The van der Waals surface area contributed by atoms with E-state index < -0.39 is 11.2 Å². The van der Waals surface area contributed by atoms with E-state index in [4.69, 9.17) is 0 Å². The van der Waals surface area contributed by atoms with Crippen LogP contribution in [0.1, 0.15) is 47.8 Å². The van der Waals surface area contributed by atoms with E-state index in [9.17, 15) is 18.8 Å². The fraction of sp³-hybridized carbons (Fsp3) is 0.421. The van der Waals surface area contributed by atoms with Crippen LogP contribution >= 0.6 is 0 Å². The Labute approximate surface area is 150 Å². The Hall–Kier alpha value is -2.70. The van der Waals surface area contributed by atoms with Crippen LogP contribution in [-0.2, 0) is 14.1 Å². The number of hydrogen-bond acceptors (Lipinski definition) is 3. The van der Waals surface area contributed by atoms with Crippen molar-refractivity contribution in [3.63, 3.8) is 0 Å². The van der Waals surface area contributed by atoms with Gasteiger partial charge in [0.1, 0.15) is 11.5 Å². The van der Waals surface area contributed by atoms with Gasteiger partial charge in [-0.25, -0.2) is 9.18 Å². The molecule has 0 spiro atoms. The molecule has 1 aliphatic rings. The van der Waals surface area contributed by atoms with Crippen LogP contribution in [0, 0.1) is 5.82 Å². The van der Waals surface area contributed by atoms with Gasteiger partial charge in [0.2, 0.25) is 0 Å². The third-order valence-corrected chi connectivity index (χ3v) is 4.99. The molecule has 1 aromatic heterocycles. The van der Waals surface area contributed by atoms with E-state index in [0.717, 1.165) is 29.4 Å². The van der Waals surface area contributed by atoms with Crippen LogP contribution in [0.15, 0.2) is 39.9 Å². The summed E-state index contributed by atoms with van der Waals surface area (Å²) in [5.41, 5.74) is -0.276. The Balaban J connectivity index is 2.05. The van der Waals surface area contributed by atoms with Crippen molar-refractivity contribution in [2.24, 2.45) is 14.1 Å². The molecule has 2 heterocycles. The van der Waals surface area contributed by atoms with Crippen molar-refractivity contribution in [1.29, 1.82) is 0 Å². The van der Waals surface area contributed by atoms with Crippen LogP contribution in [0.4, 0.5) is 4.39 Å². The lowest BCUT2D eigenvalue weighted by molar-refractivity contribution is 0.0668. The summed E-state index contributed by atoms with van der Waals surface area (Å²) in [6.07, 6.45) is 3.45. The highest BCUT2D eigenvalue weighted by atomic mass is 19.1. The minimum Gasteiger partial charge on any atom is -0.330 e. The van der Waals surface area contributed by atoms with Crippen molar-refractivity contribution in [2.75, 3.05) is 6.54 Å². The molecular formula is C19H22FN3O3. The first-order chi connectivity index (χ1) is 12.4. The molecule has 1 amide bonds. The van der Waals surface area contributed by atoms with E-state index >= 15 is 0 Å². The zero-order valence-corrected chi connectivity index (χ0v) is 14.9. The highest BCUT2D eigenvalue weighted by Crippen LogP contribution is 2.31. The second-order valence-corrected chi connectivity index (χ2v) is 6.69. The van der Waals surface area contributed by atoms with Crippen LogP contribution in [0.2, 0.25) is 0 Å². The Morgan fingerprint density at radius 3 is 2.58 bits per heavy atom. The van der Waals surface area contributed by atoms with Gasteiger partial charge in [0.05, 0.1) is 6.04 Å². The lowest BCUT2D eigenvalue weighted by atomic mass is 10.0. The zero-order chi connectivity index (χ0) is 18.8. The highest BCUT2D eigenvalue weighted by Gasteiger charge is 2.29. The van der Waals surface area contributed by atoms with E-state index in [1.807, 2.05) is 6.07 Å². The lowest BCUT2D eigenvalue weighted by Crippen LogP contribution is -2.43. The minimum absolute atomic E-state index is 0.0569. The maximum absolute atomic E-state index is 13.7. The van der Waals surface area contributed by atoms with Crippen molar-refractivity contribution >= 4 is 5.91 Å². The second kappa shape index (κ2) is 7.27. The van der Waals surface area contributed by atoms with Gasteiger partial charge in [-0.15, -0.1) is 0 Å². The van der Waals surface area contributed by atoms with Gasteiger partial charge in [-0.2, -0.15) is 0 Å². The number of aromatic nitrogens is 2. The molecule has 1 saturated heterocycles. The quantitative estimate of drug-likeness (QED) is 0.824. The fourth-order valence-corrected chi connectivity index (χ4v) is 3.50. The Bertz CT molecular complexity index is 948. The molecule has 1 aliphatic heterocycles. The van der Waals surface area contributed by atoms with Crippen molar-refractivity contribution in [3.05, 3.63) is 68.2 Å². The molecule has 0 radical (unpaired) electrons. The third kappa shape index (κ3) is 3.34. The summed E-state index contributed by atoms with van der Waals surface area (Å²) in [4.78, 5) is 39.0. The summed E-state index contributed by atoms with van der Waals surface area (Å²) in [6.45, 7) is 0.503. The van der Waals surface area contributed by atoms with Gasteiger partial charge >= 0.3 is 5.69 Å². The molecular weight excluding hydrogens is 337 g/mol. The predicted molar refractivity (Wildman–Crippen MR) is 95.6 cm³/mol. The number of hydrogen-bond donors (Lipinski definition) is 0. The van der Waals surface area contributed by atoms with Gasteiger partial charge in [0.15, 0.2) is 0 Å². The molecule has 26 heavy (non-hydrogen) atoms. The zero-order valence-electron chi connectivity index (χ0n) is 14.9. The summed E-state index contributed by atoms with van der Waals surface area (Å²) in [6, 6.07) is 7.17. The molecule has 138 valence electrons. The SMILES string of the molecule is Cn1c(C(=O)N2CCCCC[C@H]2c2cccc(F)c2)cc(=O)n(C)c1=O. The molecule has 0 saturated carbocycles. The molecule has 7 heteroatoms. The van der Waals surface area contributed by atoms with Crippen LogP contribution in [0.25, 0.3) is 0 Å². The van der Waals surface area contributed by atoms with Crippen LogP contribution in [0.5, 0.6) is 0 Å². The molecule has 1 atom stereocenters. The van der Waals surface area contributed by atoms with E-state index in [-0.39, 0.29) is 23.5 Å². The maximum Gasteiger partial charge on any atom is 0.331 e. The maximum atomic E-state index is 13.7.